The minimum absolute atomic E-state index is 0.0484. The van der Waals surface area contributed by atoms with Crippen LogP contribution in [0, 0.1) is 12.8 Å². The Morgan fingerprint density at radius 1 is 1.29 bits per heavy atom. The number of aromatic hydroxyl groups is 1. The van der Waals surface area contributed by atoms with Crippen LogP contribution in [-0.2, 0) is 6.54 Å². The molecule has 24 heavy (non-hydrogen) atoms. The number of carbonyl (C=O) groups is 1. The van der Waals surface area contributed by atoms with Crippen molar-refractivity contribution in [2.75, 3.05) is 5.32 Å². The van der Waals surface area contributed by atoms with Crippen LogP contribution in [0.4, 0.5) is 5.69 Å². The third kappa shape index (κ3) is 3.08. The molecule has 0 radical (unpaired) electrons. The number of aromatic nitrogens is 3. The molecule has 6 nitrogen and oxygen atoms in total. The Morgan fingerprint density at radius 2 is 2.08 bits per heavy atom. The van der Waals surface area contributed by atoms with Crippen LogP contribution in [0.5, 0.6) is 5.75 Å². The van der Waals surface area contributed by atoms with E-state index in [-0.39, 0.29) is 11.7 Å². The summed E-state index contributed by atoms with van der Waals surface area (Å²) in [5.74, 6) is 0.217. The molecule has 0 aliphatic rings. The molecular weight excluding hydrogens is 304 g/mol. The van der Waals surface area contributed by atoms with Crippen LogP contribution in [0.3, 0.4) is 0 Å². The van der Waals surface area contributed by atoms with Crippen molar-refractivity contribution in [2.45, 2.75) is 27.3 Å². The Morgan fingerprint density at radius 3 is 2.79 bits per heavy atom. The first-order chi connectivity index (χ1) is 11.5. The van der Waals surface area contributed by atoms with Crippen molar-refractivity contribution in [3.63, 3.8) is 0 Å². The molecule has 0 spiro atoms. The number of hydrogen-bond donors (Lipinski definition) is 2. The van der Waals surface area contributed by atoms with Gasteiger partial charge in [-0.1, -0.05) is 31.2 Å². The molecule has 2 N–H and O–H groups in total. The fraction of sp³-hybridized carbons (Fsp3) is 0.278. The standard InChI is InChI=1S/C18H20N4O2/c1-11(2)10-22-15-8-7-13(9-14(15)20-21-22)18(24)19-17-12(3)5-4-6-16(17)23/h4-9,11,23H,10H2,1-3H3,(H,19,24). The van der Waals surface area contributed by atoms with E-state index in [0.717, 1.165) is 17.6 Å². The molecule has 0 aliphatic carbocycles. The predicted octanol–water partition coefficient (Wildman–Crippen LogP) is 3.35. The smallest absolute Gasteiger partial charge is 0.255 e. The molecule has 0 saturated carbocycles. The predicted molar refractivity (Wildman–Crippen MR) is 93.2 cm³/mol. The Hall–Kier alpha value is -2.89. The molecule has 3 aromatic rings. The average molecular weight is 324 g/mol. The molecular formula is C18H20N4O2. The fourth-order valence-electron chi connectivity index (χ4n) is 2.59. The van der Waals surface area contributed by atoms with Crippen LogP contribution >= 0.6 is 0 Å². The van der Waals surface area contributed by atoms with Gasteiger partial charge < -0.3 is 10.4 Å². The highest BCUT2D eigenvalue weighted by Crippen LogP contribution is 2.27. The number of hydrogen-bond acceptors (Lipinski definition) is 4. The number of nitrogens with one attached hydrogen (secondary N) is 1. The number of anilines is 1. The maximum Gasteiger partial charge on any atom is 0.255 e. The number of carbonyl (C=O) groups excluding carboxylic acids is 1. The van der Waals surface area contributed by atoms with E-state index in [1.165, 1.54) is 0 Å². The van der Waals surface area contributed by atoms with E-state index >= 15 is 0 Å². The van der Waals surface area contributed by atoms with E-state index in [1.807, 2.05) is 23.7 Å². The van der Waals surface area contributed by atoms with E-state index in [1.54, 1.807) is 24.3 Å². The highest BCUT2D eigenvalue weighted by molar-refractivity contribution is 6.06. The summed E-state index contributed by atoms with van der Waals surface area (Å²) in [5, 5.41) is 20.9. The molecule has 1 heterocycles. The number of amides is 1. The zero-order chi connectivity index (χ0) is 17.3. The molecule has 124 valence electrons. The number of fused-ring (bicyclic) bond motifs is 1. The topological polar surface area (TPSA) is 80.0 Å². The van der Waals surface area contributed by atoms with Gasteiger partial charge in [-0.15, -0.1) is 5.10 Å². The maximum absolute atomic E-state index is 12.5. The third-order valence-corrected chi connectivity index (χ3v) is 3.80. The van der Waals surface area contributed by atoms with Gasteiger partial charge >= 0.3 is 0 Å². The van der Waals surface area contributed by atoms with Crippen molar-refractivity contribution in [2.24, 2.45) is 5.92 Å². The number of phenolic OH excluding ortho intramolecular Hbond substituents is 1. The van der Waals surface area contributed by atoms with Crippen LogP contribution in [0.2, 0.25) is 0 Å². The van der Waals surface area contributed by atoms with Crippen molar-refractivity contribution in [3.8, 4) is 5.75 Å². The molecule has 0 saturated heterocycles. The fourth-order valence-corrected chi connectivity index (χ4v) is 2.59. The van der Waals surface area contributed by atoms with Crippen LogP contribution in [-0.4, -0.2) is 26.0 Å². The molecule has 0 atom stereocenters. The van der Waals surface area contributed by atoms with Gasteiger partial charge in [-0.25, -0.2) is 4.68 Å². The summed E-state index contributed by atoms with van der Waals surface area (Å²) in [6.45, 7) is 6.84. The van der Waals surface area contributed by atoms with Crippen molar-refractivity contribution in [1.82, 2.24) is 15.0 Å². The number of benzene rings is 2. The largest absolute Gasteiger partial charge is 0.506 e. The summed E-state index contributed by atoms with van der Waals surface area (Å²) in [6, 6.07) is 10.4. The summed E-state index contributed by atoms with van der Waals surface area (Å²) >= 11 is 0. The van der Waals surface area contributed by atoms with Crippen molar-refractivity contribution in [1.29, 1.82) is 0 Å². The Bertz CT molecular complexity index is 879. The molecule has 1 aromatic heterocycles. The minimum Gasteiger partial charge on any atom is -0.506 e. The number of aryl methyl sites for hydroxylation is 1. The third-order valence-electron chi connectivity index (χ3n) is 3.80. The average Bonchev–Trinajstić information content (AvgIpc) is 2.92. The second kappa shape index (κ2) is 6.31. The van der Waals surface area contributed by atoms with E-state index in [4.69, 9.17) is 0 Å². The lowest BCUT2D eigenvalue weighted by atomic mass is 10.1. The maximum atomic E-state index is 12.5. The lowest BCUT2D eigenvalue weighted by Gasteiger charge is -2.10. The van der Waals surface area contributed by atoms with Gasteiger partial charge in [-0.2, -0.15) is 0 Å². The SMILES string of the molecule is Cc1cccc(O)c1NC(=O)c1ccc2c(c1)nnn2CC(C)C. The van der Waals surface area contributed by atoms with E-state index < -0.39 is 0 Å². The summed E-state index contributed by atoms with van der Waals surface area (Å²) in [7, 11) is 0. The molecule has 0 fully saturated rings. The zero-order valence-corrected chi connectivity index (χ0v) is 13.9. The van der Waals surface area contributed by atoms with Gasteiger partial charge in [0, 0.05) is 12.1 Å². The van der Waals surface area contributed by atoms with Crippen molar-refractivity contribution < 1.29 is 9.90 Å². The van der Waals surface area contributed by atoms with Crippen LogP contribution in [0.15, 0.2) is 36.4 Å². The lowest BCUT2D eigenvalue weighted by Crippen LogP contribution is -2.13. The van der Waals surface area contributed by atoms with Gasteiger partial charge in [0.2, 0.25) is 0 Å². The quantitative estimate of drug-likeness (QED) is 0.721. The van der Waals surface area contributed by atoms with E-state index in [9.17, 15) is 9.90 Å². The highest BCUT2D eigenvalue weighted by Gasteiger charge is 2.13. The second-order valence-electron chi connectivity index (χ2n) is 6.29. The monoisotopic (exact) mass is 324 g/mol. The molecule has 2 aromatic carbocycles. The van der Waals surface area contributed by atoms with Gasteiger partial charge in [0.1, 0.15) is 11.3 Å². The summed E-state index contributed by atoms with van der Waals surface area (Å²) in [6.07, 6.45) is 0. The number of para-hydroxylation sites is 1. The normalized spacial score (nSPS) is 11.2. The van der Waals surface area contributed by atoms with Gasteiger partial charge in [0.15, 0.2) is 0 Å². The van der Waals surface area contributed by atoms with Crippen molar-refractivity contribution >= 4 is 22.6 Å². The number of phenols is 1. The van der Waals surface area contributed by atoms with Gasteiger partial charge in [0.05, 0.1) is 11.2 Å². The van der Waals surface area contributed by atoms with E-state index in [0.29, 0.717) is 22.7 Å². The molecule has 3 rings (SSSR count). The lowest BCUT2D eigenvalue weighted by molar-refractivity contribution is 0.102. The molecule has 6 heteroatoms. The molecule has 0 bridgehead atoms. The second-order valence-corrected chi connectivity index (χ2v) is 6.29. The van der Waals surface area contributed by atoms with Crippen LogP contribution < -0.4 is 5.32 Å². The van der Waals surface area contributed by atoms with Gasteiger partial charge in [0.25, 0.3) is 5.91 Å². The van der Waals surface area contributed by atoms with E-state index in [2.05, 4.69) is 29.5 Å². The number of rotatable bonds is 4. The summed E-state index contributed by atoms with van der Waals surface area (Å²) in [5.41, 5.74) is 3.27. The first kappa shape index (κ1) is 16.0. The molecule has 0 aliphatic heterocycles. The summed E-state index contributed by atoms with van der Waals surface area (Å²) in [4.78, 5) is 12.5. The first-order valence-corrected chi connectivity index (χ1v) is 7.89. The minimum atomic E-state index is -0.292. The molecule has 1 amide bonds. The Labute approximate surface area is 140 Å². The summed E-state index contributed by atoms with van der Waals surface area (Å²) < 4.78 is 1.84. The van der Waals surface area contributed by atoms with Crippen LogP contribution in [0.1, 0.15) is 29.8 Å². The highest BCUT2D eigenvalue weighted by atomic mass is 16.3. The van der Waals surface area contributed by atoms with Gasteiger partial charge in [-0.3, -0.25) is 4.79 Å². The van der Waals surface area contributed by atoms with Gasteiger partial charge in [-0.05, 0) is 42.7 Å². The van der Waals surface area contributed by atoms with Crippen molar-refractivity contribution in [3.05, 3.63) is 47.5 Å². The molecule has 0 unspecified atom stereocenters. The zero-order valence-electron chi connectivity index (χ0n) is 13.9. The first-order valence-electron chi connectivity index (χ1n) is 7.89. The Balaban J connectivity index is 1.88. The van der Waals surface area contributed by atoms with Crippen LogP contribution in [0.25, 0.3) is 11.0 Å². The number of nitrogens with zero attached hydrogens (tertiary/aromatic N) is 3. The Kier molecular flexibility index (Phi) is 4.20.